The van der Waals surface area contributed by atoms with Crippen molar-refractivity contribution in [2.75, 3.05) is 11.9 Å². The quantitative estimate of drug-likeness (QED) is 0.896. The summed E-state index contributed by atoms with van der Waals surface area (Å²) in [7, 11) is 0. The Labute approximate surface area is 119 Å². The lowest BCUT2D eigenvalue weighted by Gasteiger charge is -2.02. The lowest BCUT2D eigenvalue weighted by atomic mass is 10.2. The van der Waals surface area contributed by atoms with Crippen LogP contribution in [0.2, 0.25) is 0 Å². The number of carbonyl (C=O) groups is 1. The summed E-state index contributed by atoms with van der Waals surface area (Å²) in [5.74, 6) is 0.262. The van der Waals surface area contributed by atoms with Crippen LogP contribution < -0.4 is 10.6 Å². The minimum atomic E-state index is -0.261. The summed E-state index contributed by atoms with van der Waals surface area (Å²) < 4.78 is 5.47. The molecule has 0 radical (unpaired) electrons. The van der Waals surface area contributed by atoms with Crippen molar-refractivity contribution in [1.82, 2.24) is 20.5 Å². The molecule has 1 fully saturated rings. The van der Waals surface area contributed by atoms with E-state index in [2.05, 4.69) is 25.8 Å². The van der Waals surface area contributed by atoms with Gasteiger partial charge in [-0.15, -0.1) is 16.4 Å². The van der Waals surface area contributed by atoms with Crippen molar-refractivity contribution in [3.8, 4) is 0 Å². The summed E-state index contributed by atoms with van der Waals surface area (Å²) in [5.41, 5.74) is 0.710. The molecule has 0 saturated carbocycles. The number of aromatic nitrogens is 3. The van der Waals surface area contributed by atoms with Gasteiger partial charge in [-0.25, -0.2) is 4.98 Å². The number of nitrogens with one attached hydrogen (secondary N) is 2. The zero-order valence-electron chi connectivity index (χ0n) is 11.3. The summed E-state index contributed by atoms with van der Waals surface area (Å²) in [5, 5.41) is 14.6. The van der Waals surface area contributed by atoms with Gasteiger partial charge in [0.15, 0.2) is 0 Å². The highest BCUT2D eigenvalue weighted by Crippen LogP contribution is 2.23. The van der Waals surface area contributed by atoms with E-state index < -0.39 is 0 Å². The van der Waals surface area contributed by atoms with E-state index in [1.54, 1.807) is 6.92 Å². The fourth-order valence-electron chi connectivity index (χ4n) is 2.22. The molecule has 0 aliphatic carbocycles. The lowest BCUT2D eigenvalue weighted by Crippen LogP contribution is -2.13. The van der Waals surface area contributed by atoms with Crippen molar-refractivity contribution in [3.63, 3.8) is 0 Å². The van der Waals surface area contributed by atoms with Gasteiger partial charge in [0, 0.05) is 0 Å². The van der Waals surface area contributed by atoms with E-state index in [0.717, 1.165) is 24.4 Å². The second-order valence-corrected chi connectivity index (χ2v) is 5.90. The van der Waals surface area contributed by atoms with E-state index in [1.165, 1.54) is 11.3 Å². The van der Waals surface area contributed by atoms with E-state index in [1.807, 2.05) is 6.92 Å². The first-order chi connectivity index (χ1) is 9.63. The monoisotopic (exact) mass is 293 g/mol. The fourth-order valence-corrected chi connectivity index (χ4v) is 3.03. The van der Waals surface area contributed by atoms with E-state index in [9.17, 15) is 4.79 Å². The number of hydrogen-bond acceptors (Lipinski definition) is 7. The van der Waals surface area contributed by atoms with Gasteiger partial charge in [-0.05, 0) is 33.2 Å². The molecule has 2 aromatic rings. The zero-order chi connectivity index (χ0) is 14.1. The molecular formula is C12H15N5O2S. The molecule has 3 rings (SSSR count). The Balaban J connectivity index is 1.71. The molecular weight excluding hydrogens is 278 g/mol. The highest BCUT2D eigenvalue weighted by Gasteiger charge is 2.23. The van der Waals surface area contributed by atoms with E-state index >= 15 is 0 Å². The van der Waals surface area contributed by atoms with Crippen molar-refractivity contribution in [1.29, 1.82) is 0 Å². The maximum absolute atomic E-state index is 12.1. The Kier molecular flexibility index (Phi) is 3.49. The summed E-state index contributed by atoms with van der Waals surface area (Å²) >= 11 is 1.35. The normalized spacial score (nSPS) is 18.4. The Morgan fingerprint density at radius 2 is 2.30 bits per heavy atom. The van der Waals surface area contributed by atoms with Crippen LogP contribution in [0.4, 0.5) is 6.01 Å². The topological polar surface area (TPSA) is 92.9 Å². The van der Waals surface area contributed by atoms with Crippen LogP contribution in [-0.2, 0) is 0 Å². The van der Waals surface area contributed by atoms with E-state index in [0.29, 0.717) is 16.5 Å². The van der Waals surface area contributed by atoms with Crippen LogP contribution in [0, 0.1) is 13.8 Å². The molecule has 7 nitrogen and oxygen atoms in total. The molecule has 2 N–H and O–H groups in total. The molecule has 8 heteroatoms. The standard InChI is InChI=1S/C12H15N5O2S/c1-6-9(20-7(2)14-6)10(18)15-12-17-16-11(19-12)8-4-3-5-13-8/h8,13H,3-5H2,1-2H3,(H,15,17,18). The van der Waals surface area contributed by atoms with Gasteiger partial charge in [-0.1, -0.05) is 5.10 Å². The average Bonchev–Trinajstić information content (AvgIpc) is 3.09. The minimum Gasteiger partial charge on any atom is -0.406 e. The first-order valence-electron chi connectivity index (χ1n) is 6.45. The van der Waals surface area contributed by atoms with Gasteiger partial charge in [-0.2, -0.15) is 0 Å². The van der Waals surface area contributed by atoms with Crippen molar-refractivity contribution in [2.24, 2.45) is 0 Å². The van der Waals surface area contributed by atoms with Gasteiger partial charge >= 0.3 is 6.01 Å². The molecule has 0 spiro atoms. The Morgan fingerprint density at radius 3 is 2.95 bits per heavy atom. The van der Waals surface area contributed by atoms with Gasteiger partial charge in [-0.3, -0.25) is 10.1 Å². The van der Waals surface area contributed by atoms with Crippen LogP contribution in [0.1, 0.15) is 45.1 Å². The van der Waals surface area contributed by atoms with Gasteiger partial charge < -0.3 is 9.73 Å². The van der Waals surface area contributed by atoms with Gasteiger partial charge in [0.05, 0.1) is 16.7 Å². The molecule has 1 saturated heterocycles. The summed E-state index contributed by atoms with van der Waals surface area (Å²) in [6.45, 7) is 4.62. The Bertz CT molecular complexity index is 630. The molecule has 1 amide bonds. The third-order valence-corrected chi connectivity index (χ3v) is 4.20. The van der Waals surface area contributed by atoms with Crippen molar-refractivity contribution < 1.29 is 9.21 Å². The SMILES string of the molecule is Cc1nc(C)c(C(=O)Nc2nnc(C3CCCN3)o2)s1. The first-order valence-corrected chi connectivity index (χ1v) is 7.27. The number of carbonyl (C=O) groups excluding carboxylic acids is 1. The molecule has 1 aliphatic heterocycles. The molecule has 1 atom stereocenters. The number of rotatable bonds is 3. The summed E-state index contributed by atoms with van der Waals surface area (Å²) in [4.78, 5) is 16.9. The number of nitrogens with zero attached hydrogens (tertiary/aromatic N) is 3. The van der Waals surface area contributed by atoms with Crippen LogP contribution >= 0.6 is 11.3 Å². The number of aryl methyl sites for hydroxylation is 2. The fraction of sp³-hybridized carbons (Fsp3) is 0.500. The largest absolute Gasteiger partial charge is 0.406 e. The highest BCUT2D eigenvalue weighted by molar-refractivity contribution is 7.13. The van der Waals surface area contributed by atoms with E-state index in [4.69, 9.17) is 4.42 Å². The maximum Gasteiger partial charge on any atom is 0.322 e. The highest BCUT2D eigenvalue weighted by atomic mass is 32.1. The smallest absolute Gasteiger partial charge is 0.322 e. The minimum absolute atomic E-state index is 0.0977. The van der Waals surface area contributed by atoms with Gasteiger partial charge in [0.1, 0.15) is 4.88 Å². The summed E-state index contributed by atoms with van der Waals surface area (Å²) in [6.07, 6.45) is 2.07. The van der Waals surface area contributed by atoms with Crippen molar-refractivity contribution in [3.05, 3.63) is 21.5 Å². The third kappa shape index (κ3) is 2.56. The van der Waals surface area contributed by atoms with Crippen LogP contribution in [0.15, 0.2) is 4.42 Å². The molecule has 0 bridgehead atoms. The lowest BCUT2D eigenvalue weighted by molar-refractivity contribution is 0.102. The van der Waals surface area contributed by atoms with Crippen molar-refractivity contribution in [2.45, 2.75) is 32.7 Å². The second-order valence-electron chi connectivity index (χ2n) is 4.70. The predicted molar refractivity (Wildman–Crippen MR) is 73.8 cm³/mol. The Morgan fingerprint density at radius 1 is 1.45 bits per heavy atom. The third-order valence-electron chi connectivity index (χ3n) is 3.13. The molecule has 2 aromatic heterocycles. The molecule has 20 heavy (non-hydrogen) atoms. The van der Waals surface area contributed by atoms with Crippen molar-refractivity contribution >= 4 is 23.3 Å². The predicted octanol–water partition coefficient (Wildman–Crippen LogP) is 1.82. The maximum atomic E-state index is 12.1. The molecule has 1 unspecified atom stereocenters. The number of anilines is 1. The average molecular weight is 293 g/mol. The van der Waals surface area contributed by atoms with Crippen LogP contribution in [0.25, 0.3) is 0 Å². The number of amides is 1. The summed E-state index contributed by atoms with van der Waals surface area (Å²) in [6, 6.07) is 0.227. The number of hydrogen-bond donors (Lipinski definition) is 2. The molecule has 106 valence electrons. The van der Waals surface area contributed by atoms with Crippen LogP contribution in [0.5, 0.6) is 0 Å². The zero-order valence-corrected chi connectivity index (χ0v) is 12.1. The van der Waals surface area contributed by atoms with Gasteiger partial charge in [0.25, 0.3) is 5.91 Å². The Hall–Kier alpha value is -1.80. The molecule has 1 aliphatic rings. The van der Waals surface area contributed by atoms with Crippen LogP contribution in [0.3, 0.4) is 0 Å². The molecule has 0 aromatic carbocycles. The van der Waals surface area contributed by atoms with Gasteiger partial charge in [0.2, 0.25) is 5.89 Å². The number of thiazole rings is 1. The van der Waals surface area contributed by atoms with Crippen LogP contribution in [-0.4, -0.2) is 27.6 Å². The molecule has 3 heterocycles. The van der Waals surface area contributed by atoms with E-state index in [-0.39, 0.29) is 18.0 Å². The first kappa shape index (κ1) is 13.2. The second kappa shape index (κ2) is 5.29.